The third-order valence-corrected chi connectivity index (χ3v) is 4.51. The Labute approximate surface area is 111 Å². The highest BCUT2D eigenvalue weighted by Gasteiger charge is 2.43. The predicted octanol–water partition coefficient (Wildman–Crippen LogP) is 2.62. The summed E-state index contributed by atoms with van der Waals surface area (Å²) in [5.41, 5.74) is -0.0819. The first-order valence-corrected chi connectivity index (χ1v) is 7.42. The lowest BCUT2D eigenvalue weighted by Crippen LogP contribution is -2.45. The minimum absolute atomic E-state index is 0.0819. The number of aliphatic hydroxyl groups excluding tert-OH is 1. The third-order valence-electron chi connectivity index (χ3n) is 4.51. The van der Waals surface area contributed by atoms with Crippen LogP contribution in [0.1, 0.15) is 46.5 Å². The van der Waals surface area contributed by atoms with Crippen molar-refractivity contribution in [1.29, 1.82) is 0 Å². The molecule has 3 nitrogen and oxygen atoms in total. The Hall–Kier alpha value is -0.120. The molecule has 0 saturated carbocycles. The standard InChI is InChI=1S/C15H28O3/c1-11(2)8-12(3)14(16)13-4-6-18-15(9-13)5-7-17-10-15/h11-14,16H,4-10H2,1-3H3. The van der Waals surface area contributed by atoms with Gasteiger partial charge >= 0.3 is 0 Å². The van der Waals surface area contributed by atoms with Crippen molar-refractivity contribution in [2.24, 2.45) is 17.8 Å². The van der Waals surface area contributed by atoms with E-state index in [0.29, 0.717) is 17.8 Å². The fraction of sp³-hybridized carbons (Fsp3) is 1.00. The number of ether oxygens (including phenoxy) is 2. The van der Waals surface area contributed by atoms with Gasteiger partial charge in [-0.1, -0.05) is 20.8 Å². The van der Waals surface area contributed by atoms with Crippen LogP contribution in [0.25, 0.3) is 0 Å². The molecule has 106 valence electrons. The third kappa shape index (κ3) is 3.25. The summed E-state index contributed by atoms with van der Waals surface area (Å²) in [5.74, 6) is 1.42. The van der Waals surface area contributed by atoms with E-state index in [1.165, 1.54) is 0 Å². The molecule has 4 atom stereocenters. The summed E-state index contributed by atoms with van der Waals surface area (Å²) in [5, 5.41) is 10.5. The number of aliphatic hydroxyl groups is 1. The van der Waals surface area contributed by atoms with Gasteiger partial charge in [0.05, 0.1) is 18.3 Å². The molecule has 0 aliphatic carbocycles. The molecule has 0 amide bonds. The molecule has 2 heterocycles. The largest absolute Gasteiger partial charge is 0.393 e. The molecule has 0 aromatic carbocycles. The predicted molar refractivity (Wildman–Crippen MR) is 71.5 cm³/mol. The van der Waals surface area contributed by atoms with Gasteiger partial charge in [-0.25, -0.2) is 0 Å². The molecule has 0 radical (unpaired) electrons. The zero-order valence-electron chi connectivity index (χ0n) is 12.0. The second-order valence-electron chi connectivity index (χ2n) is 6.68. The summed E-state index contributed by atoms with van der Waals surface area (Å²) in [7, 11) is 0. The molecular formula is C15H28O3. The maximum absolute atomic E-state index is 10.5. The molecule has 1 N–H and O–H groups in total. The van der Waals surface area contributed by atoms with E-state index in [1.807, 2.05) is 0 Å². The van der Waals surface area contributed by atoms with Crippen LogP contribution in [0.2, 0.25) is 0 Å². The molecule has 1 spiro atoms. The summed E-state index contributed by atoms with van der Waals surface area (Å²) in [6.07, 6.45) is 3.87. The molecule has 2 fully saturated rings. The highest BCUT2D eigenvalue weighted by atomic mass is 16.6. The zero-order valence-corrected chi connectivity index (χ0v) is 12.0. The van der Waals surface area contributed by atoms with E-state index in [1.54, 1.807) is 0 Å². The topological polar surface area (TPSA) is 38.7 Å². The molecule has 3 heteroatoms. The lowest BCUT2D eigenvalue weighted by Gasteiger charge is -2.40. The van der Waals surface area contributed by atoms with Crippen LogP contribution >= 0.6 is 0 Å². The SMILES string of the molecule is CC(C)CC(C)C(O)C1CCOC2(CCOC2)C1. The van der Waals surface area contributed by atoms with E-state index in [0.717, 1.165) is 45.5 Å². The molecule has 2 aliphatic heterocycles. The molecule has 0 aromatic rings. The first-order valence-electron chi connectivity index (χ1n) is 7.42. The second kappa shape index (κ2) is 5.89. The van der Waals surface area contributed by atoms with Gasteiger partial charge in [-0.05, 0) is 37.0 Å². The summed E-state index contributed by atoms with van der Waals surface area (Å²) in [6, 6.07) is 0. The van der Waals surface area contributed by atoms with E-state index >= 15 is 0 Å². The van der Waals surface area contributed by atoms with Gasteiger partial charge in [0.2, 0.25) is 0 Å². The normalized spacial score (nSPS) is 36.2. The minimum atomic E-state index is -0.186. The highest BCUT2D eigenvalue weighted by Crippen LogP contribution is 2.38. The lowest BCUT2D eigenvalue weighted by molar-refractivity contribution is -0.123. The Kier molecular flexibility index (Phi) is 4.68. The van der Waals surface area contributed by atoms with Gasteiger partial charge in [-0.2, -0.15) is 0 Å². The van der Waals surface area contributed by atoms with Crippen molar-refractivity contribution in [1.82, 2.24) is 0 Å². The van der Waals surface area contributed by atoms with Crippen LogP contribution in [0.15, 0.2) is 0 Å². The minimum Gasteiger partial charge on any atom is -0.393 e. The molecular weight excluding hydrogens is 228 g/mol. The van der Waals surface area contributed by atoms with Crippen LogP contribution in [0.3, 0.4) is 0 Å². The summed E-state index contributed by atoms with van der Waals surface area (Å²) < 4.78 is 11.4. The maximum atomic E-state index is 10.5. The zero-order chi connectivity index (χ0) is 13.2. The molecule has 0 bridgehead atoms. The summed E-state index contributed by atoms with van der Waals surface area (Å²) >= 11 is 0. The summed E-state index contributed by atoms with van der Waals surface area (Å²) in [4.78, 5) is 0. The lowest BCUT2D eigenvalue weighted by atomic mass is 9.77. The van der Waals surface area contributed by atoms with Gasteiger partial charge in [-0.15, -0.1) is 0 Å². The Balaban J connectivity index is 1.91. The maximum Gasteiger partial charge on any atom is 0.0940 e. The Morgan fingerprint density at radius 1 is 1.28 bits per heavy atom. The number of hydrogen-bond donors (Lipinski definition) is 1. The van der Waals surface area contributed by atoms with Crippen molar-refractivity contribution in [3.05, 3.63) is 0 Å². The monoisotopic (exact) mass is 256 g/mol. The molecule has 2 rings (SSSR count). The summed E-state index contributed by atoms with van der Waals surface area (Å²) in [6.45, 7) is 8.93. The second-order valence-corrected chi connectivity index (χ2v) is 6.68. The Morgan fingerprint density at radius 3 is 2.67 bits per heavy atom. The smallest absolute Gasteiger partial charge is 0.0940 e. The average molecular weight is 256 g/mol. The van der Waals surface area contributed by atoms with Crippen molar-refractivity contribution in [3.8, 4) is 0 Å². The van der Waals surface area contributed by atoms with Crippen molar-refractivity contribution in [3.63, 3.8) is 0 Å². The number of rotatable bonds is 4. The van der Waals surface area contributed by atoms with Crippen LogP contribution < -0.4 is 0 Å². The van der Waals surface area contributed by atoms with Gasteiger partial charge in [0.25, 0.3) is 0 Å². The van der Waals surface area contributed by atoms with E-state index in [2.05, 4.69) is 20.8 Å². The van der Waals surface area contributed by atoms with Crippen LogP contribution in [-0.2, 0) is 9.47 Å². The number of hydrogen-bond acceptors (Lipinski definition) is 3. The molecule has 4 unspecified atom stereocenters. The fourth-order valence-corrected chi connectivity index (χ4v) is 3.57. The van der Waals surface area contributed by atoms with Gasteiger partial charge in [0.1, 0.15) is 0 Å². The molecule has 2 aliphatic rings. The van der Waals surface area contributed by atoms with E-state index in [9.17, 15) is 5.11 Å². The Morgan fingerprint density at radius 2 is 2.06 bits per heavy atom. The fourth-order valence-electron chi connectivity index (χ4n) is 3.57. The van der Waals surface area contributed by atoms with Crippen molar-refractivity contribution in [2.75, 3.05) is 19.8 Å². The first kappa shape index (κ1) is 14.3. The van der Waals surface area contributed by atoms with Gasteiger partial charge in [0.15, 0.2) is 0 Å². The average Bonchev–Trinajstić information content (AvgIpc) is 2.75. The van der Waals surface area contributed by atoms with Crippen molar-refractivity contribution < 1.29 is 14.6 Å². The molecule has 2 saturated heterocycles. The van der Waals surface area contributed by atoms with Gasteiger partial charge < -0.3 is 14.6 Å². The van der Waals surface area contributed by atoms with Gasteiger partial charge in [-0.3, -0.25) is 0 Å². The van der Waals surface area contributed by atoms with E-state index < -0.39 is 0 Å². The molecule has 18 heavy (non-hydrogen) atoms. The van der Waals surface area contributed by atoms with Crippen LogP contribution in [-0.4, -0.2) is 36.6 Å². The van der Waals surface area contributed by atoms with E-state index in [-0.39, 0.29) is 11.7 Å². The first-order chi connectivity index (χ1) is 8.52. The van der Waals surface area contributed by atoms with Crippen LogP contribution in [0, 0.1) is 17.8 Å². The molecule has 0 aromatic heterocycles. The van der Waals surface area contributed by atoms with Crippen molar-refractivity contribution >= 4 is 0 Å². The van der Waals surface area contributed by atoms with Crippen LogP contribution in [0.5, 0.6) is 0 Å². The van der Waals surface area contributed by atoms with Gasteiger partial charge in [0, 0.05) is 19.6 Å². The van der Waals surface area contributed by atoms with Crippen LogP contribution in [0.4, 0.5) is 0 Å². The van der Waals surface area contributed by atoms with E-state index in [4.69, 9.17) is 9.47 Å². The quantitative estimate of drug-likeness (QED) is 0.840. The van der Waals surface area contributed by atoms with Crippen molar-refractivity contribution in [2.45, 2.75) is 58.2 Å². The Bertz CT molecular complexity index is 258. The highest BCUT2D eigenvalue weighted by molar-refractivity contribution is 4.92.